The van der Waals surface area contributed by atoms with Gasteiger partial charge in [-0.25, -0.2) is 18.2 Å². The summed E-state index contributed by atoms with van der Waals surface area (Å²) in [6.45, 7) is 4.78. The molecule has 0 fully saturated rings. The van der Waals surface area contributed by atoms with Crippen LogP contribution in [0, 0.1) is 0 Å². The Labute approximate surface area is 220 Å². The lowest BCUT2D eigenvalue weighted by Crippen LogP contribution is -2.28. The molecule has 0 amide bonds. The Morgan fingerprint density at radius 3 is 2.38 bits per heavy atom. The van der Waals surface area contributed by atoms with Crippen molar-refractivity contribution in [1.82, 2.24) is 4.98 Å². The van der Waals surface area contributed by atoms with Crippen LogP contribution in [0.25, 0.3) is 6.08 Å². The van der Waals surface area contributed by atoms with Gasteiger partial charge in [-0.1, -0.05) is 83.8 Å². The molecule has 0 saturated heterocycles. The summed E-state index contributed by atoms with van der Waals surface area (Å²) in [5.41, 5.74) is -1.10. The lowest BCUT2D eigenvalue weighted by Gasteiger charge is -2.29. The average Bonchev–Trinajstić information content (AvgIpc) is 2.90. The van der Waals surface area contributed by atoms with Crippen LogP contribution in [0.3, 0.4) is 0 Å². The number of hydrogen-bond acceptors (Lipinski definition) is 3. The number of alkyl halides is 2. The first-order chi connectivity index (χ1) is 18.0. The van der Waals surface area contributed by atoms with Crippen LogP contribution in [-0.4, -0.2) is 24.4 Å². The van der Waals surface area contributed by atoms with Gasteiger partial charge in [-0.05, 0) is 36.6 Å². The highest BCUT2D eigenvalue weighted by Gasteiger charge is 2.41. The van der Waals surface area contributed by atoms with Crippen molar-refractivity contribution in [2.75, 3.05) is 13.2 Å². The summed E-state index contributed by atoms with van der Waals surface area (Å²) in [6.07, 6.45) is 12.6. The van der Waals surface area contributed by atoms with Gasteiger partial charge in [0.1, 0.15) is 24.4 Å². The number of allylic oxidation sites excluding steroid dienone is 1. The van der Waals surface area contributed by atoms with E-state index in [1.807, 2.05) is 0 Å². The maximum absolute atomic E-state index is 16.0. The first-order valence-electron chi connectivity index (χ1n) is 14.0. The standard InChI is InChI=1S/C31H42F3NO2/c1-3-5-7-9-10-11-15-26(32)23-37-28-16-13-14-24-21-31(34,29(33)20-27(24)28)25-17-18-30(35-22-25)36-19-12-8-6-4-2/h13-14,16-18,20,22,26H,3-12,15,19,21,23H2,1-2H3. The van der Waals surface area contributed by atoms with Gasteiger partial charge in [-0.2, -0.15) is 0 Å². The van der Waals surface area contributed by atoms with Gasteiger partial charge in [0.05, 0.1) is 6.61 Å². The first kappa shape index (κ1) is 29.1. The molecule has 2 aromatic rings. The zero-order valence-electron chi connectivity index (χ0n) is 22.4. The smallest absolute Gasteiger partial charge is 0.213 e. The fraction of sp³-hybridized carbons (Fsp3) is 0.581. The van der Waals surface area contributed by atoms with Crippen molar-refractivity contribution in [2.45, 2.75) is 103 Å². The van der Waals surface area contributed by atoms with Crippen LogP contribution in [0.1, 0.15) is 101 Å². The van der Waals surface area contributed by atoms with Gasteiger partial charge in [0.15, 0.2) is 5.67 Å². The molecule has 1 aromatic heterocycles. The molecule has 6 heteroatoms. The van der Waals surface area contributed by atoms with Crippen LogP contribution in [0.4, 0.5) is 13.2 Å². The zero-order chi connectivity index (χ0) is 26.5. The molecular formula is C31H42F3NO2. The predicted octanol–water partition coefficient (Wildman–Crippen LogP) is 9.24. The highest BCUT2D eigenvalue weighted by Crippen LogP contribution is 2.45. The monoisotopic (exact) mass is 517 g/mol. The predicted molar refractivity (Wildman–Crippen MR) is 144 cm³/mol. The molecule has 37 heavy (non-hydrogen) atoms. The summed E-state index contributed by atoms with van der Waals surface area (Å²) in [5.74, 6) is -0.123. The summed E-state index contributed by atoms with van der Waals surface area (Å²) in [7, 11) is 0. The minimum atomic E-state index is -2.32. The number of nitrogens with zero attached hydrogens (tertiary/aromatic N) is 1. The Balaban J connectivity index is 1.57. The molecule has 1 heterocycles. The third kappa shape index (κ3) is 8.51. The average molecular weight is 518 g/mol. The van der Waals surface area contributed by atoms with E-state index in [-0.39, 0.29) is 18.6 Å². The second kappa shape index (κ2) is 15.0. The molecule has 2 unspecified atom stereocenters. The van der Waals surface area contributed by atoms with Crippen molar-refractivity contribution >= 4 is 6.08 Å². The lowest BCUT2D eigenvalue weighted by molar-refractivity contribution is 0.171. The van der Waals surface area contributed by atoms with Crippen molar-refractivity contribution in [2.24, 2.45) is 0 Å². The zero-order valence-corrected chi connectivity index (χ0v) is 22.4. The quantitative estimate of drug-likeness (QED) is 0.196. The minimum absolute atomic E-state index is 0.0918. The van der Waals surface area contributed by atoms with E-state index in [2.05, 4.69) is 18.8 Å². The Bertz CT molecular complexity index is 979. The molecule has 2 atom stereocenters. The van der Waals surface area contributed by atoms with Gasteiger partial charge in [0, 0.05) is 29.8 Å². The van der Waals surface area contributed by atoms with Gasteiger partial charge in [-0.15, -0.1) is 0 Å². The normalized spacial score (nSPS) is 17.7. The van der Waals surface area contributed by atoms with Crippen molar-refractivity contribution in [3.63, 3.8) is 0 Å². The van der Waals surface area contributed by atoms with Crippen LogP contribution >= 0.6 is 0 Å². The lowest BCUT2D eigenvalue weighted by atomic mass is 9.82. The van der Waals surface area contributed by atoms with Gasteiger partial charge in [0.2, 0.25) is 5.88 Å². The third-order valence-corrected chi connectivity index (χ3v) is 6.97. The molecular weight excluding hydrogens is 475 g/mol. The summed E-state index contributed by atoms with van der Waals surface area (Å²) < 4.78 is 56.9. The minimum Gasteiger partial charge on any atom is -0.490 e. The maximum Gasteiger partial charge on any atom is 0.213 e. The van der Waals surface area contributed by atoms with E-state index in [0.717, 1.165) is 44.9 Å². The maximum atomic E-state index is 16.0. The molecule has 0 bridgehead atoms. The molecule has 1 aromatic carbocycles. The molecule has 0 N–H and O–H groups in total. The molecule has 1 aliphatic rings. The van der Waals surface area contributed by atoms with Crippen LogP contribution < -0.4 is 9.47 Å². The van der Waals surface area contributed by atoms with E-state index in [1.165, 1.54) is 37.6 Å². The largest absolute Gasteiger partial charge is 0.490 e. The third-order valence-electron chi connectivity index (χ3n) is 6.97. The van der Waals surface area contributed by atoms with Crippen LogP contribution in [0.5, 0.6) is 11.6 Å². The Morgan fingerprint density at radius 2 is 1.65 bits per heavy atom. The van der Waals surface area contributed by atoms with Crippen molar-refractivity contribution in [1.29, 1.82) is 0 Å². The van der Waals surface area contributed by atoms with E-state index in [9.17, 15) is 4.39 Å². The fourth-order valence-electron chi connectivity index (χ4n) is 4.68. The molecule has 0 spiro atoms. The number of benzene rings is 1. The number of hydrogen-bond donors (Lipinski definition) is 0. The molecule has 3 rings (SSSR count). The molecule has 204 valence electrons. The SMILES string of the molecule is CCCCCCCCC(F)COc1cccc2c1C=C(F)C(F)(c1ccc(OCCCCCC)nc1)C2. The van der Waals surface area contributed by atoms with E-state index >= 15 is 8.78 Å². The molecule has 3 nitrogen and oxygen atoms in total. The summed E-state index contributed by atoms with van der Waals surface area (Å²) in [4.78, 5) is 4.20. The summed E-state index contributed by atoms with van der Waals surface area (Å²) >= 11 is 0. The molecule has 0 aliphatic heterocycles. The Morgan fingerprint density at radius 1 is 0.919 bits per heavy atom. The number of rotatable bonds is 17. The molecule has 1 aliphatic carbocycles. The highest BCUT2D eigenvalue weighted by atomic mass is 19.2. The number of unbranched alkanes of at least 4 members (excludes halogenated alkanes) is 8. The highest BCUT2D eigenvalue weighted by molar-refractivity contribution is 5.67. The number of aromatic nitrogens is 1. The van der Waals surface area contributed by atoms with E-state index < -0.39 is 17.7 Å². The van der Waals surface area contributed by atoms with E-state index in [1.54, 1.807) is 24.3 Å². The van der Waals surface area contributed by atoms with Gasteiger partial charge < -0.3 is 9.47 Å². The fourth-order valence-corrected chi connectivity index (χ4v) is 4.68. The van der Waals surface area contributed by atoms with Crippen molar-refractivity contribution in [3.8, 4) is 11.6 Å². The Hall–Kier alpha value is -2.50. The van der Waals surface area contributed by atoms with Crippen LogP contribution in [-0.2, 0) is 12.1 Å². The number of ether oxygens (including phenoxy) is 2. The molecule has 0 saturated carbocycles. The number of halogens is 3. The van der Waals surface area contributed by atoms with Crippen molar-refractivity contribution in [3.05, 3.63) is 59.0 Å². The topological polar surface area (TPSA) is 31.4 Å². The summed E-state index contributed by atoms with van der Waals surface area (Å²) in [5, 5.41) is 0. The number of fused-ring (bicyclic) bond motifs is 1. The second-order valence-corrected chi connectivity index (χ2v) is 10.1. The van der Waals surface area contributed by atoms with E-state index in [4.69, 9.17) is 9.47 Å². The van der Waals surface area contributed by atoms with Gasteiger partial charge in [-0.3, -0.25) is 0 Å². The number of pyridine rings is 1. The van der Waals surface area contributed by atoms with Crippen LogP contribution in [0.2, 0.25) is 0 Å². The van der Waals surface area contributed by atoms with Crippen LogP contribution in [0.15, 0.2) is 42.4 Å². The Kier molecular flexibility index (Phi) is 11.8. The second-order valence-electron chi connectivity index (χ2n) is 10.1. The van der Waals surface area contributed by atoms with Gasteiger partial charge >= 0.3 is 0 Å². The van der Waals surface area contributed by atoms with Gasteiger partial charge in [0.25, 0.3) is 0 Å². The molecule has 0 radical (unpaired) electrons. The van der Waals surface area contributed by atoms with E-state index in [0.29, 0.717) is 35.8 Å². The first-order valence-corrected chi connectivity index (χ1v) is 14.0. The van der Waals surface area contributed by atoms with Crippen molar-refractivity contribution < 1.29 is 22.6 Å². The summed E-state index contributed by atoms with van der Waals surface area (Å²) in [6, 6.07) is 8.29.